The Labute approximate surface area is 168 Å². The Balaban J connectivity index is 1.67. The largest absolute Gasteiger partial charge is 0.372 e. The van der Waals surface area contributed by atoms with Gasteiger partial charge >= 0.3 is 0 Å². The van der Waals surface area contributed by atoms with Gasteiger partial charge in [-0.25, -0.2) is 9.97 Å². The number of aromatic nitrogens is 2. The van der Waals surface area contributed by atoms with E-state index in [9.17, 15) is 4.79 Å². The number of amides is 1. The first-order chi connectivity index (χ1) is 13.7. The summed E-state index contributed by atoms with van der Waals surface area (Å²) >= 11 is 0. The van der Waals surface area contributed by atoms with Gasteiger partial charge in [0, 0.05) is 43.8 Å². The maximum atomic E-state index is 12.8. The number of anilines is 3. The maximum Gasteiger partial charge on any atom is 0.272 e. The maximum absolute atomic E-state index is 12.8. The van der Waals surface area contributed by atoms with Crippen LogP contribution < -0.4 is 10.2 Å². The normalized spacial score (nSPS) is 14.0. The van der Waals surface area contributed by atoms with Crippen LogP contribution in [0.1, 0.15) is 56.4 Å². The van der Waals surface area contributed by atoms with E-state index in [1.54, 1.807) is 12.3 Å². The minimum atomic E-state index is -0.0328. The van der Waals surface area contributed by atoms with Crippen LogP contribution in [0.4, 0.5) is 17.3 Å². The Bertz CT molecular complexity index is 750. The number of carbonyl (C=O) groups is 1. The molecule has 0 radical (unpaired) electrons. The molecule has 0 saturated carbocycles. The molecule has 1 fully saturated rings. The fourth-order valence-electron chi connectivity index (χ4n) is 3.59. The van der Waals surface area contributed by atoms with Crippen LogP contribution in [0.5, 0.6) is 0 Å². The van der Waals surface area contributed by atoms with Crippen LogP contribution in [0.3, 0.4) is 0 Å². The number of hydrogen-bond donors (Lipinski definition) is 1. The fourth-order valence-corrected chi connectivity index (χ4v) is 3.59. The zero-order chi connectivity index (χ0) is 19.8. The number of nitrogens with one attached hydrogen (secondary N) is 1. The first kappa shape index (κ1) is 20.1. The molecule has 0 aliphatic carbocycles. The lowest BCUT2D eigenvalue weighted by Crippen LogP contribution is -2.33. The minimum Gasteiger partial charge on any atom is -0.372 e. The van der Waals surface area contributed by atoms with E-state index < -0.39 is 0 Å². The van der Waals surface area contributed by atoms with Gasteiger partial charge in [-0.15, -0.1) is 0 Å². The van der Waals surface area contributed by atoms with Gasteiger partial charge in [0.1, 0.15) is 5.69 Å². The first-order valence-electron chi connectivity index (χ1n) is 10.5. The highest BCUT2D eigenvalue weighted by molar-refractivity contribution is 5.92. The van der Waals surface area contributed by atoms with Gasteiger partial charge in [-0.3, -0.25) is 4.79 Å². The molecule has 1 saturated heterocycles. The lowest BCUT2D eigenvalue weighted by atomic mass is 10.1. The Kier molecular flexibility index (Phi) is 7.23. The molecule has 1 aliphatic heterocycles. The van der Waals surface area contributed by atoms with Crippen LogP contribution in [-0.4, -0.2) is 47.0 Å². The molecule has 2 heterocycles. The van der Waals surface area contributed by atoms with E-state index in [4.69, 9.17) is 0 Å². The van der Waals surface area contributed by atoms with Crippen molar-refractivity contribution in [3.63, 3.8) is 0 Å². The molecule has 28 heavy (non-hydrogen) atoms. The summed E-state index contributed by atoms with van der Waals surface area (Å²) in [5.41, 5.74) is 2.61. The molecule has 0 spiro atoms. The first-order valence-corrected chi connectivity index (χ1v) is 10.5. The predicted molar refractivity (Wildman–Crippen MR) is 114 cm³/mol. The molecule has 0 bridgehead atoms. The number of piperidine rings is 1. The summed E-state index contributed by atoms with van der Waals surface area (Å²) in [6.45, 7) is 7.92. The lowest BCUT2D eigenvalue weighted by Gasteiger charge is -2.28. The Morgan fingerprint density at radius 2 is 1.71 bits per heavy atom. The van der Waals surface area contributed by atoms with Crippen molar-refractivity contribution in [3.05, 3.63) is 42.2 Å². The molecular formula is C22H31N5O. The van der Waals surface area contributed by atoms with Gasteiger partial charge in [0.2, 0.25) is 5.95 Å². The highest BCUT2D eigenvalue weighted by Gasteiger charge is 2.16. The number of rotatable bonds is 8. The topological polar surface area (TPSA) is 61.4 Å². The fraction of sp³-hybridized carbons (Fsp3) is 0.500. The van der Waals surface area contributed by atoms with Crippen LogP contribution in [0.2, 0.25) is 0 Å². The van der Waals surface area contributed by atoms with Crippen molar-refractivity contribution in [2.24, 2.45) is 0 Å². The number of hydrogen-bond acceptors (Lipinski definition) is 5. The Hall–Kier alpha value is -2.63. The highest BCUT2D eigenvalue weighted by Crippen LogP contribution is 2.23. The molecule has 1 N–H and O–H groups in total. The van der Waals surface area contributed by atoms with Crippen LogP contribution in [-0.2, 0) is 0 Å². The molecule has 6 nitrogen and oxygen atoms in total. The van der Waals surface area contributed by atoms with Crippen molar-refractivity contribution in [3.8, 4) is 0 Å². The van der Waals surface area contributed by atoms with E-state index in [-0.39, 0.29) is 5.91 Å². The van der Waals surface area contributed by atoms with Crippen molar-refractivity contribution in [2.45, 2.75) is 46.0 Å². The summed E-state index contributed by atoms with van der Waals surface area (Å²) < 4.78 is 0. The van der Waals surface area contributed by atoms with E-state index in [1.807, 2.05) is 17.0 Å². The van der Waals surface area contributed by atoms with Crippen LogP contribution >= 0.6 is 0 Å². The zero-order valence-electron chi connectivity index (χ0n) is 17.0. The van der Waals surface area contributed by atoms with E-state index in [2.05, 4.69) is 46.2 Å². The number of carbonyl (C=O) groups excluding carboxylic acids is 1. The van der Waals surface area contributed by atoms with Gasteiger partial charge < -0.3 is 15.1 Å². The third kappa shape index (κ3) is 5.21. The zero-order valence-corrected chi connectivity index (χ0v) is 17.0. The molecule has 0 atom stereocenters. The average molecular weight is 382 g/mol. The van der Waals surface area contributed by atoms with Crippen molar-refractivity contribution < 1.29 is 4.79 Å². The van der Waals surface area contributed by atoms with Crippen molar-refractivity contribution in [1.82, 2.24) is 14.9 Å². The van der Waals surface area contributed by atoms with Crippen molar-refractivity contribution >= 4 is 23.2 Å². The van der Waals surface area contributed by atoms with Gasteiger partial charge in [-0.1, -0.05) is 13.8 Å². The molecule has 3 rings (SSSR count). The quantitative estimate of drug-likeness (QED) is 0.731. The third-order valence-corrected chi connectivity index (χ3v) is 4.99. The van der Waals surface area contributed by atoms with Gasteiger partial charge in [0.05, 0.1) is 0 Å². The van der Waals surface area contributed by atoms with Crippen LogP contribution in [0.25, 0.3) is 0 Å². The number of benzene rings is 1. The standard InChI is InChI=1S/C22H31N5O/c1-3-14-27(15-4-2)21(28)20-12-13-23-22(25-20)24-18-8-10-19(11-9-18)26-16-6-5-7-17-26/h8-13H,3-7,14-17H2,1-2H3,(H,23,24,25). The second-order valence-electron chi connectivity index (χ2n) is 7.28. The summed E-state index contributed by atoms with van der Waals surface area (Å²) in [5, 5.41) is 3.22. The van der Waals surface area contributed by atoms with Gasteiger partial charge in [0.25, 0.3) is 5.91 Å². The average Bonchev–Trinajstić information content (AvgIpc) is 2.74. The summed E-state index contributed by atoms with van der Waals surface area (Å²) in [6, 6.07) is 10.0. The number of nitrogens with zero attached hydrogens (tertiary/aromatic N) is 4. The summed E-state index contributed by atoms with van der Waals surface area (Å²) in [5.74, 6) is 0.416. The van der Waals surface area contributed by atoms with E-state index in [1.165, 1.54) is 24.9 Å². The smallest absolute Gasteiger partial charge is 0.272 e. The molecule has 1 aliphatic rings. The van der Waals surface area contributed by atoms with Crippen LogP contribution in [0, 0.1) is 0 Å². The molecular weight excluding hydrogens is 350 g/mol. The van der Waals surface area contributed by atoms with Crippen LogP contribution in [0.15, 0.2) is 36.5 Å². The van der Waals surface area contributed by atoms with E-state index in [0.29, 0.717) is 11.6 Å². The van der Waals surface area contributed by atoms with E-state index in [0.717, 1.165) is 44.7 Å². The lowest BCUT2D eigenvalue weighted by molar-refractivity contribution is 0.0749. The highest BCUT2D eigenvalue weighted by atomic mass is 16.2. The Morgan fingerprint density at radius 1 is 1.04 bits per heavy atom. The van der Waals surface area contributed by atoms with Crippen molar-refractivity contribution in [1.29, 1.82) is 0 Å². The molecule has 2 aromatic rings. The molecule has 1 aromatic heterocycles. The van der Waals surface area contributed by atoms with Gasteiger partial charge in [-0.05, 0) is 62.4 Å². The molecule has 6 heteroatoms. The molecule has 0 unspecified atom stereocenters. The molecule has 1 amide bonds. The SMILES string of the molecule is CCCN(CCC)C(=O)c1ccnc(Nc2ccc(N3CCCCC3)cc2)n1. The summed E-state index contributed by atoms with van der Waals surface area (Å²) in [6.07, 6.45) is 7.37. The monoisotopic (exact) mass is 381 g/mol. The Morgan fingerprint density at radius 3 is 2.36 bits per heavy atom. The molecule has 150 valence electrons. The minimum absolute atomic E-state index is 0.0328. The molecule has 1 aromatic carbocycles. The second-order valence-corrected chi connectivity index (χ2v) is 7.28. The van der Waals surface area contributed by atoms with Gasteiger partial charge in [0.15, 0.2) is 0 Å². The summed E-state index contributed by atoms with van der Waals surface area (Å²) in [7, 11) is 0. The third-order valence-electron chi connectivity index (χ3n) is 4.99. The van der Waals surface area contributed by atoms with Crippen molar-refractivity contribution in [2.75, 3.05) is 36.4 Å². The van der Waals surface area contributed by atoms with E-state index >= 15 is 0 Å². The second kappa shape index (κ2) is 10.1. The summed E-state index contributed by atoms with van der Waals surface area (Å²) in [4.78, 5) is 25.8. The predicted octanol–water partition coefficient (Wildman–Crippen LogP) is 4.47. The van der Waals surface area contributed by atoms with Gasteiger partial charge in [-0.2, -0.15) is 0 Å².